The van der Waals surface area contributed by atoms with Crippen molar-refractivity contribution >= 4 is 5.82 Å². The molecule has 1 aliphatic rings. The maximum atomic E-state index is 9.51. The first kappa shape index (κ1) is 9.52. The molecule has 2 rings (SSSR count). The summed E-state index contributed by atoms with van der Waals surface area (Å²) in [5.41, 5.74) is 5.53. The van der Waals surface area contributed by atoms with Crippen LogP contribution in [0.1, 0.15) is 25.7 Å². The van der Waals surface area contributed by atoms with E-state index in [1.165, 1.54) is 6.42 Å². The second-order valence-corrected chi connectivity index (χ2v) is 4.18. The van der Waals surface area contributed by atoms with Crippen molar-refractivity contribution in [1.82, 2.24) is 9.55 Å². The second kappa shape index (κ2) is 4.00. The topological polar surface area (TPSA) is 64.1 Å². The summed E-state index contributed by atoms with van der Waals surface area (Å²) in [5.74, 6) is 1.15. The van der Waals surface area contributed by atoms with E-state index in [1.54, 1.807) is 6.33 Å². The van der Waals surface area contributed by atoms with E-state index in [0.29, 0.717) is 11.7 Å². The van der Waals surface area contributed by atoms with E-state index in [0.717, 1.165) is 25.8 Å². The Morgan fingerprint density at radius 1 is 1.57 bits per heavy atom. The van der Waals surface area contributed by atoms with Gasteiger partial charge in [0.25, 0.3) is 0 Å². The molecule has 1 aliphatic carbocycles. The standard InChI is InChI=1S/C10H17N3O/c11-10-6-13(7-12-10)5-8-2-1-3-9(14)4-8/h6-9,14H,1-5,11H2. The Morgan fingerprint density at radius 2 is 2.43 bits per heavy atom. The summed E-state index contributed by atoms with van der Waals surface area (Å²) in [7, 11) is 0. The highest BCUT2D eigenvalue weighted by molar-refractivity contribution is 5.22. The summed E-state index contributed by atoms with van der Waals surface area (Å²) < 4.78 is 2.01. The Hall–Kier alpha value is -1.03. The fourth-order valence-electron chi connectivity index (χ4n) is 2.20. The van der Waals surface area contributed by atoms with Gasteiger partial charge in [-0.3, -0.25) is 0 Å². The molecule has 0 amide bonds. The normalized spacial score (nSPS) is 27.8. The summed E-state index contributed by atoms with van der Waals surface area (Å²) in [6.07, 6.45) is 7.72. The highest BCUT2D eigenvalue weighted by atomic mass is 16.3. The van der Waals surface area contributed by atoms with Crippen LogP contribution in [-0.2, 0) is 6.54 Å². The lowest BCUT2D eigenvalue weighted by Crippen LogP contribution is -2.22. The fraction of sp³-hybridized carbons (Fsp3) is 0.700. The summed E-state index contributed by atoms with van der Waals surface area (Å²) in [6, 6.07) is 0. The first-order valence-corrected chi connectivity index (χ1v) is 5.19. The number of aliphatic hydroxyl groups is 1. The van der Waals surface area contributed by atoms with Gasteiger partial charge in [0, 0.05) is 12.7 Å². The molecule has 1 aromatic rings. The summed E-state index contributed by atoms with van der Waals surface area (Å²) in [5, 5.41) is 9.51. The van der Waals surface area contributed by atoms with Crippen molar-refractivity contribution in [3.8, 4) is 0 Å². The average molecular weight is 195 g/mol. The number of hydrogen-bond acceptors (Lipinski definition) is 3. The molecule has 1 aromatic heterocycles. The molecule has 0 aliphatic heterocycles. The molecule has 0 spiro atoms. The van der Waals surface area contributed by atoms with Crippen LogP contribution in [0.5, 0.6) is 0 Å². The van der Waals surface area contributed by atoms with Crippen LogP contribution in [0.4, 0.5) is 5.82 Å². The van der Waals surface area contributed by atoms with Crippen LogP contribution in [0.15, 0.2) is 12.5 Å². The number of aliphatic hydroxyl groups excluding tert-OH is 1. The van der Waals surface area contributed by atoms with Crippen molar-refractivity contribution in [3.63, 3.8) is 0 Å². The van der Waals surface area contributed by atoms with Gasteiger partial charge in [-0.15, -0.1) is 0 Å². The zero-order chi connectivity index (χ0) is 9.97. The van der Waals surface area contributed by atoms with Crippen molar-refractivity contribution in [3.05, 3.63) is 12.5 Å². The highest BCUT2D eigenvalue weighted by Crippen LogP contribution is 2.25. The van der Waals surface area contributed by atoms with E-state index in [4.69, 9.17) is 5.73 Å². The van der Waals surface area contributed by atoms with Gasteiger partial charge in [-0.1, -0.05) is 6.42 Å². The van der Waals surface area contributed by atoms with Crippen LogP contribution in [0.2, 0.25) is 0 Å². The Balaban J connectivity index is 1.90. The van der Waals surface area contributed by atoms with Crippen LogP contribution < -0.4 is 5.73 Å². The molecule has 2 atom stereocenters. The predicted molar refractivity (Wildman–Crippen MR) is 54.6 cm³/mol. The Labute approximate surface area is 83.8 Å². The van der Waals surface area contributed by atoms with E-state index in [2.05, 4.69) is 4.98 Å². The maximum Gasteiger partial charge on any atom is 0.141 e. The number of imidazole rings is 1. The van der Waals surface area contributed by atoms with Crippen LogP contribution >= 0.6 is 0 Å². The molecule has 0 radical (unpaired) electrons. The summed E-state index contributed by atoms with van der Waals surface area (Å²) in [6.45, 7) is 0.932. The molecule has 1 saturated carbocycles. The van der Waals surface area contributed by atoms with Gasteiger partial charge in [0.05, 0.1) is 12.4 Å². The molecule has 14 heavy (non-hydrogen) atoms. The Morgan fingerprint density at radius 3 is 3.07 bits per heavy atom. The lowest BCUT2D eigenvalue weighted by molar-refractivity contribution is 0.0954. The quantitative estimate of drug-likeness (QED) is 0.740. The van der Waals surface area contributed by atoms with Crippen molar-refractivity contribution < 1.29 is 5.11 Å². The van der Waals surface area contributed by atoms with Gasteiger partial charge in [0.2, 0.25) is 0 Å². The third-order valence-corrected chi connectivity index (χ3v) is 2.88. The monoisotopic (exact) mass is 195 g/mol. The summed E-state index contributed by atoms with van der Waals surface area (Å²) in [4.78, 5) is 3.98. The molecule has 0 aromatic carbocycles. The van der Waals surface area contributed by atoms with Gasteiger partial charge in [-0.2, -0.15) is 0 Å². The molecule has 4 heteroatoms. The molecular formula is C10H17N3O. The first-order valence-electron chi connectivity index (χ1n) is 5.19. The number of nitrogens with two attached hydrogens (primary N) is 1. The number of aromatic nitrogens is 2. The molecule has 0 bridgehead atoms. The second-order valence-electron chi connectivity index (χ2n) is 4.18. The molecule has 3 N–H and O–H groups in total. The minimum absolute atomic E-state index is 0.102. The molecule has 78 valence electrons. The van der Waals surface area contributed by atoms with E-state index < -0.39 is 0 Å². The third kappa shape index (κ3) is 2.26. The van der Waals surface area contributed by atoms with Gasteiger partial charge < -0.3 is 15.4 Å². The van der Waals surface area contributed by atoms with E-state index in [1.807, 2.05) is 10.8 Å². The molecule has 0 saturated heterocycles. The van der Waals surface area contributed by atoms with E-state index >= 15 is 0 Å². The number of nitrogen functional groups attached to an aromatic ring is 1. The smallest absolute Gasteiger partial charge is 0.141 e. The Bertz CT molecular complexity index is 297. The average Bonchev–Trinajstić information content (AvgIpc) is 2.51. The lowest BCUT2D eigenvalue weighted by atomic mass is 9.87. The van der Waals surface area contributed by atoms with Gasteiger partial charge >= 0.3 is 0 Å². The van der Waals surface area contributed by atoms with Crippen molar-refractivity contribution in [2.24, 2.45) is 5.92 Å². The van der Waals surface area contributed by atoms with E-state index in [9.17, 15) is 5.11 Å². The van der Waals surface area contributed by atoms with Crippen molar-refractivity contribution in [1.29, 1.82) is 0 Å². The molecular weight excluding hydrogens is 178 g/mol. The molecule has 1 heterocycles. The minimum atomic E-state index is -0.102. The number of nitrogens with zero attached hydrogens (tertiary/aromatic N) is 2. The van der Waals surface area contributed by atoms with E-state index in [-0.39, 0.29) is 6.10 Å². The molecule has 2 unspecified atom stereocenters. The minimum Gasteiger partial charge on any atom is -0.393 e. The lowest BCUT2D eigenvalue weighted by Gasteiger charge is -2.25. The van der Waals surface area contributed by atoms with Crippen molar-refractivity contribution in [2.45, 2.75) is 38.3 Å². The van der Waals surface area contributed by atoms with Crippen LogP contribution in [-0.4, -0.2) is 20.8 Å². The van der Waals surface area contributed by atoms with Crippen molar-refractivity contribution in [2.75, 3.05) is 5.73 Å². The van der Waals surface area contributed by atoms with Gasteiger partial charge in [-0.05, 0) is 25.2 Å². The molecule has 1 fully saturated rings. The van der Waals surface area contributed by atoms with Gasteiger partial charge in [0.15, 0.2) is 0 Å². The SMILES string of the molecule is Nc1cn(CC2CCCC(O)C2)cn1. The van der Waals surface area contributed by atoms with Crippen LogP contribution in [0.3, 0.4) is 0 Å². The zero-order valence-corrected chi connectivity index (χ0v) is 8.26. The largest absolute Gasteiger partial charge is 0.393 e. The summed E-state index contributed by atoms with van der Waals surface area (Å²) >= 11 is 0. The zero-order valence-electron chi connectivity index (χ0n) is 8.26. The maximum absolute atomic E-state index is 9.51. The number of rotatable bonds is 2. The Kier molecular flexibility index (Phi) is 2.72. The number of hydrogen-bond donors (Lipinski definition) is 2. The highest BCUT2D eigenvalue weighted by Gasteiger charge is 2.20. The van der Waals surface area contributed by atoms with Gasteiger partial charge in [0.1, 0.15) is 5.82 Å². The predicted octanol–water partition coefficient (Wildman–Crippen LogP) is 1.02. The van der Waals surface area contributed by atoms with Crippen LogP contribution in [0.25, 0.3) is 0 Å². The fourth-order valence-corrected chi connectivity index (χ4v) is 2.20. The number of anilines is 1. The molecule has 4 nitrogen and oxygen atoms in total. The van der Waals surface area contributed by atoms with Crippen LogP contribution in [0, 0.1) is 5.92 Å². The van der Waals surface area contributed by atoms with Gasteiger partial charge in [-0.25, -0.2) is 4.98 Å². The first-order chi connectivity index (χ1) is 6.74. The third-order valence-electron chi connectivity index (χ3n) is 2.88.